The summed E-state index contributed by atoms with van der Waals surface area (Å²) in [6.07, 6.45) is 0.724. The highest BCUT2D eigenvalue weighted by molar-refractivity contribution is 5.90. The first-order chi connectivity index (χ1) is 9.54. The van der Waals surface area contributed by atoms with Crippen LogP contribution in [0.3, 0.4) is 0 Å². The number of benzene rings is 1. The van der Waals surface area contributed by atoms with E-state index in [2.05, 4.69) is 10.6 Å². The molecule has 0 radical (unpaired) electrons. The van der Waals surface area contributed by atoms with Crippen molar-refractivity contribution >= 4 is 11.7 Å². The molecule has 112 valence electrons. The second-order valence-electron chi connectivity index (χ2n) is 4.91. The molecule has 0 heterocycles. The number of nitrogens with one attached hydrogen (secondary N) is 2. The number of carbonyl (C=O) groups is 1. The topological polar surface area (TPSA) is 70.6 Å². The molecule has 0 spiro atoms. The minimum atomic E-state index is -0.261. The molecule has 2 amide bonds. The van der Waals surface area contributed by atoms with Gasteiger partial charge in [-0.05, 0) is 44.4 Å². The van der Waals surface area contributed by atoms with Crippen LogP contribution in [0, 0.1) is 6.92 Å². The van der Waals surface area contributed by atoms with Gasteiger partial charge in [-0.1, -0.05) is 12.1 Å². The first-order valence-electron chi connectivity index (χ1n) is 6.90. The van der Waals surface area contributed by atoms with E-state index in [4.69, 9.17) is 9.84 Å². The lowest BCUT2D eigenvalue weighted by atomic mass is 10.1. The number of carbonyl (C=O) groups excluding carboxylic acids is 1. The van der Waals surface area contributed by atoms with Gasteiger partial charge in [-0.15, -0.1) is 0 Å². The van der Waals surface area contributed by atoms with Crippen molar-refractivity contribution in [1.82, 2.24) is 5.32 Å². The summed E-state index contributed by atoms with van der Waals surface area (Å²) in [4.78, 5) is 11.7. The van der Waals surface area contributed by atoms with Gasteiger partial charge < -0.3 is 20.5 Å². The summed E-state index contributed by atoms with van der Waals surface area (Å²) >= 11 is 0. The number of ether oxygens (including phenoxy) is 1. The van der Waals surface area contributed by atoms with E-state index in [9.17, 15) is 4.79 Å². The molecule has 1 aromatic rings. The van der Waals surface area contributed by atoms with Crippen LogP contribution in [0.2, 0.25) is 0 Å². The van der Waals surface area contributed by atoms with Crippen LogP contribution in [0.5, 0.6) is 0 Å². The molecule has 0 aromatic heterocycles. The van der Waals surface area contributed by atoms with Gasteiger partial charge >= 0.3 is 6.03 Å². The predicted molar refractivity (Wildman–Crippen MR) is 79.8 cm³/mol. The minimum absolute atomic E-state index is 0.0708. The molecular formula is C15H24N2O3. The number of aliphatic hydroxyl groups is 1. The fourth-order valence-corrected chi connectivity index (χ4v) is 1.68. The molecule has 5 nitrogen and oxygen atoms in total. The van der Waals surface area contributed by atoms with Crippen LogP contribution >= 0.6 is 0 Å². The van der Waals surface area contributed by atoms with Crippen LogP contribution in [0.4, 0.5) is 10.5 Å². The highest BCUT2D eigenvalue weighted by Gasteiger charge is 2.07. The van der Waals surface area contributed by atoms with Crippen molar-refractivity contribution in [1.29, 1.82) is 0 Å². The molecule has 20 heavy (non-hydrogen) atoms. The fraction of sp³-hybridized carbons (Fsp3) is 0.533. The van der Waals surface area contributed by atoms with Crippen molar-refractivity contribution in [3.05, 3.63) is 29.3 Å². The Balaban J connectivity index is 2.61. The maximum absolute atomic E-state index is 11.7. The Labute approximate surface area is 120 Å². The van der Waals surface area contributed by atoms with E-state index in [0.717, 1.165) is 16.8 Å². The third-order valence-electron chi connectivity index (χ3n) is 2.89. The Morgan fingerprint density at radius 1 is 1.40 bits per heavy atom. The maximum Gasteiger partial charge on any atom is 0.319 e. The number of aliphatic hydroxyl groups excluding tert-OH is 1. The van der Waals surface area contributed by atoms with Crippen molar-refractivity contribution in [2.75, 3.05) is 18.5 Å². The third-order valence-corrected chi connectivity index (χ3v) is 2.89. The van der Waals surface area contributed by atoms with E-state index in [1.165, 1.54) is 0 Å². The van der Waals surface area contributed by atoms with Gasteiger partial charge in [-0.2, -0.15) is 0 Å². The molecule has 1 aromatic carbocycles. The SMILES string of the molecule is Cc1c(COC(C)C)cccc1NC(=O)NCCCO. The van der Waals surface area contributed by atoms with Crippen LogP contribution in [0.1, 0.15) is 31.4 Å². The van der Waals surface area contributed by atoms with Gasteiger partial charge in [-0.3, -0.25) is 0 Å². The number of hydrogen-bond donors (Lipinski definition) is 3. The second-order valence-corrected chi connectivity index (χ2v) is 4.91. The Morgan fingerprint density at radius 3 is 2.80 bits per heavy atom. The van der Waals surface area contributed by atoms with Gasteiger partial charge in [0.15, 0.2) is 0 Å². The van der Waals surface area contributed by atoms with Crippen LogP contribution < -0.4 is 10.6 Å². The average Bonchev–Trinajstić information content (AvgIpc) is 2.40. The van der Waals surface area contributed by atoms with E-state index in [0.29, 0.717) is 19.6 Å². The van der Waals surface area contributed by atoms with Crippen molar-refractivity contribution in [2.24, 2.45) is 0 Å². The van der Waals surface area contributed by atoms with Crippen LogP contribution in [-0.4, -0.2) is 30.4 Å². The van der Waals surface area contributed by atoms with Gasteiger partial charge in [0, 0.05) is 18.8 Å². The fourth-order valence-electron chi connectivity index (χ4n) is 1.68. The zero-order chi connectivity index (χ0) is 15.0. The molecule has 3 N–H and O–H groups in total. The minimum Gasteiger partial charge on any atom is -0.396 e. The average molecular weight is 280 g/mol. The quantitative estimate of drug-likeness (QED) is 0.672. The zero-order valence-electron chi connectivity index (χ0n) is 12.4. The predicted octanol–water partition coefficient (Wildman–Crippen LogP) is 2.42. The molecule has 1 rings (SSSR count). The lowest BCUT2D eigenvalue weighted by molar-refractivity contribution is 0.0654. The summed E-state index contributed by atoms with van der Waals surface area (Å²) in [5.74, 6) is 0. The number of amides is 2. The van der Waals surface area contributed by atoms with Crippen LogP contribution in [0.15, 0.2) is 18.2 Å². The van der Waals surface area contributed by atoms with Crippen molar-refractivity contribution in [3.63, 3.8) is 0 Å². The van der Waals surface area contributed by atoms with E-state index in [1.807, 2.05) is 39.0 Å². The summed E-state index contributed by atoms with van der Waals surface area (Å²) in [6.45, 7) is 7.00. The Kier molecular flexibility index (Phi) is 7.04. The largest absolute Gasteiger partial charge is 0.396 e. The molecule has 0 saturated heterocycles. The summed E-state index contributed by atoms with van der Waals surface area (Å²) in [6, 6.07) is 5.49. The summed E-state index contributed by atoms with van der Waals surface area (Å²) < 4.78 is 5.59. The van der Waals surface area contributed by atoms with Crippen LogP contribution in [0.25, 0.3) is 0 Å². The first-order valence-corrected chi connectivity index (χ1v) is 6.90. The number of anilines is 1. The molecular weight excluding hydrogens is 256 g/mol. The molecule has 0 aliphatic heterocycles. The van der Waals surface area contributed by atoms with Crippen molar-refractivity contribution < 1.29 is 14.6 Å². The van der Waals surface area contributed by atoms with Crippen molar-refractivity contribution in [2.45, 2.75) is 39.9 Å². The summed E-state index contributed by atoms with van der Waals surface area (Å²) in [7, 11) is 0. The zero-order valence-corrected chi connectivity index (χ0v) is 12.4. The Bertz CT molecular complexity index is 433. The molecule has 0 unspecified atom stereocenters. The molecule has 0 aliphatic rings. The smallest absolute Gasteiger partial charge is 0.319 e. The lowest BCUT2D eigenvalue weighted by Gasteiger charge is -2.14. The van der Waals surface area contributed by atoms with Crippen LogP contribution in [-0.2, 0) is 11.3 Å². The summed E-state index contributed by atoms with van der Waals surface area (Å²) in [5.41, 5.74) is 2.84. The highest BCUT2D eigenvalue weighted by Crippen LogP contribution is 2.20. The van der Waals surface area contributed by atoms with Gasteiger partial charge in [0.25, 0.3) is 0 Å². The first kappa shape index (κ1) is 16.5. The number of urea groups is 1. The molecule has 0 atom stereocenters. The molecule has 5 heteroatoms. The van der Waals surface area contributed by atoms with Gasteiger partial charge in [0.1, 0.15) is 0 Å². The van der Waals surface area contributed by atoms with Crippen molar-refractivity contribution in [3.8, 4) is 0 Å². The standard InChI is InChI=1S/C15H24N2O3/c1-11(2)20-10-13-6-4-7-14(12(13)3)17-15(19)16-8-5-9-18/h4,6-7,11,18H,5,8-10H2,1-3H3,(H2,16,17,19). The molecule has 0 fully saturated rings. The third kappa shape index (κ3) is 5.59. The Morgan fingerprint density at radius 2 is 2.15 bits per heavy atom. The van der Waals surface area contributed by atoms with Gasteiger partial charge in [0.2, 0.25) is 0 Å². The Hall–Kier alpha value is -1.59. The lowest BCUT2D eigenvalue weighted by Crippen LogP contribution is -2.30. The van der Waals surface area contributed by atoms with E-state index in [1.54, 1.807) is 0 Å². The molecule has 0 aliphatic carbocycles. The maximum atomic E-state index is 11.7. The second kappa shape index (κ2) is 8.55. The van der Waals surface area contributed by atoms with Gasteiger partial charge in [-0.25, -0.2) is 4.79 Å². The van der Waals surface area contributed by atoms with E-state index < -0.39 is 0 Å². The summed E-state index contributed by atoms with van der Waals surface area (Å²) in [5, 5.41) is 14.2. The monoisotopic (exact) mass is 280 g/mol. The van der Waals surface area contributed by atoms with E-state index in [-0.39, 0.29) is 18.7 Å². The van der Waals surface area contributed by atoms with E-state index >= 15 is 0 Å². The number of hydrogen-bond acceptors (Lipinski definition) is 3. The molecule has 0 saturated carbocycles. The number of rotatable bonds is 7. The normalized spacial score (nSPS) is 10.7. The molecule has 0 bridgehead atoms. The highest BCUT2D eigenvalue weighted by atomic mass is 16.5. The van der Waals surface area contributed by atoms with Gasteiger partial charge in [0.05, 0.1) is 12.7 Å².